The lowest BCUT2D eigenvalue weighted by Gasteiger charge is -2.29. The van der Waals surface area contributed by atoms with Crippen molar-refractivity contribution in [1.82, 2.24) is 20.9 Å². The summed E-state index contributed by atoms with van der Waals surface area (Å²) in [5, 5.41) is 24.8. The zero-order valence-corrected chi connectivity index (χ0v) is 32.0. The van der Waals surface area contributed by atoms with Crippen molar-refractivity contribution in [3.05, 3.63) is 96.1 Å². The van der Waals surface area contributed by atoms with E-state index in [0.29, 0.717) is 32.2 Å². The van der Waals surface area contributed by atoms with E-state index in [1.165, 1.54) is 0 Å². The van der Waals surface area contributed by atoms with E-state index in [1.54, 1.807) is 0 Å². The predicted octanol–water partition coefficient (Wildman–Crippen LogP) is 6.67. The van der Waals surface area contributed by atoms with Crippen molar-refractivity contribution in [2.24, 2.45) is 17.8 Å². The van der Waals surface area contributed by atoms with Crippen LogP contribution in [0.5, 0.6) is 0 Å². The quantitative estimate of drug-likeness (QED) is 0.0821. The lowest BCUT2D eigenvalue weighted by Crippen LogP contribution is -2.54. The Morgan fingerprint density at radius 2 is 1.19 bits per heavy atom. The molecular formula is C44H60N4O4. The Labute approximate surface area is 310 Å². The summed E-state index contributed by atoms with van der Waals surface area (Å²) in [5.74, 6) is -0.946. The molecule has 280 valence electrons. The number of benzene rings is 4. The smallest absolute Gasteiger partial charge is 0.242 e. The summed E-state index contributed by atoms with van der Waals surface area (Å²) in [4.78, 5) is 43.5. The van der Waals surface area contributed by atoms with Gasteiger partial charge in [0.25, 0.3) is 0 Å². The molecule has 0 aliphatic rings. The first-order valence-corrected chi connectivity index (χ1v) is 19.2. The minimum Gasteiger partial charge on any atom is -0.390 e. The van der Waals surface area contributed by atoms with Crippen LogP contribution in [0, 0.1) is 17.8 Å². The zero-order valence-electron chi connectivity index (χ0n) is 32.0. The largest absolute Gasteiger partial charge is 0.390 e. The van der Waals surface area contributed by atoms with Gasteiger partial charge in [-0.1, -0.05) is 126 Å². The number of nitrogens with one attached hydrogen (secondary N) is 3. The number of carbonyl (C=O) groups excluding carboxylic acids is 3. The Balaban J connectivity index is 1.55. The zero-order chi connectivity index (χ0) is 37.6. The van der Waals surface area contributed by atoms with Crippen LogP contribution < -0.4 is 16.0 Å². The van der Waals surface area contributed by atoms with Gasteiger partial charge in [-0.2, -0.15) is 0 Å². The number of nitrogens with zero attached hydrogens (tertiary/aromatic N) is 1. The molecule has 0 fully saturated rings. The van der Waals surface area contributed by atoms with E-state index in [4.69, 9.17) is 0 Å². The van der Waals surface area contributed by atoms with Crippen LogP contribution in [0.1, 0.15) is 71.9 Å². The molecule has 0 unspecified atom stereocenters. The number of fused-ring (bicyclic) bond motifs is 2. The Hall–Kier alpha value is -4.27. The van der Waals surface area contributed by atoms with Crippen molar-refractivity contribution >= 4 is 39.3 Å². The highest BCUT2D eigenvalue weighted by atomic mass is 16.3. The third kappa shape index (κ3) is 11.9. The standard InChI is InChI=1S/C44H60N4O4/c1-7-48(8-2)24-23-45-42(50)29-41(49)39(25-30(3)4)46-44(52)40(26-31(5)6)47-43(51)36(27-34-19-13-17-32-15-9-11-21-37(32)34)28-35-20-14-18-33-16-10-12-22-38(33)35/h9-22,30-31,36,39-41,49H,7-8,23-29H2,1-6H3,(H,45,50)(H,46,52)(H,47,51)/t39-,40-,41-/m0/s1. The van der Waals surface area contributed by atoms with Crippen LogP contribution in [0.15, 0.2) is 84.9 Å². The van der Waals surface area contributed by atoms with E-state index in [-0.39, 0.29) is 36.0 Å². The fourth-order valence-corrected chi connectivity index (χ4v) is 7.12. The molecule has 4 rings (SSSR count). The molecule has 3 atom stereocenters. The van der Waals surface area contributed by atoms with Gasteiger partial charge in [0.1, 0.15) is 6.04 Å². The summed E-state index contributed by atoms with van der Waals surface area (Å²) in [6, 6.07) is 27.4. The van der Waals surface area contributed by atoms with E-state index in [9.17, 15) is 19.5 Å². The maximum absolute atomic E-state index is 14.5. The molecule has 4 aromatic carbocycles. The minimum atomic E-state index is -1.07. The third-order valence-corrected chi connectivity index (χ3v) is 9.96. The van der Waals surface area contributed by atoms with E-state index in [1.807, 2.05) is 64.1 Å². The second-order valence-electron chi connectivity index (χ2n) is 15.0. The minimum absolute atomic E-state index is 0.116. The maximum Gasteiger partial charge on any atom is 0.242 e. The van der Waals surface area contributed by atoms with Crippen LogP contribution in [0.3, 0.4) is 0 Å². The van der Waals surface area contributed by atoms with Gasteiger partial charge in [0.05, 0.1) is 18.6 Å². The molecule has 3 amide bonds. The van der Waals surface area contributed by atoms with Gasteiger partial charge in [0, 0.05) is 19.0 Å². The van der Waals surface area contributed by atoms with Gasteiger partial charge < -0.3 is 26.0 Å². The fourth-order valence-electron chi connectivity index (χ4n) is 7.12. The molecular weight excluding hydrogens is 649 g/mol. The highest BCUT2D eigenvalue weighted by Crippen LogP contribution is 2.27. The fraction of sp³-hybridized carbons (Fsp3) is 0.477. The Kier molecular flexibility index (Phi) is 15.7. The van der Waals surface area contributed by atoms with Crippen molar-refractivity contribution in [3.63, 3.8) is 0 Å². The summed E-state index contributed by atoms with van der Waals surface area (Å²) in [6.07, 6.45) is 0.751. The van der Waals surface area contributed by atoms with Gasteiger partial charge in [-0.25, -0.2) is 0 Å². The lowest BCUT2D eigenvalue weighted by atomic mass is 9.87. The van der Waals surface area contributed by atoms with Crippen molar-refractivity contribution in [1.29, 1.82) is 0 Å². The number of hydrogen-bond donors (Lipinski definition) is 4. The van der Waals surface area contributed by atoms with Gasteiger partial charge in [0.2, 0.25) is 17.7 Å². The van der Waals surface area contributed by atoms with Crippen LogP contribution >= 0.6 is 0 Å². The van der Waals surface area contributed by atoms with Crippen molar-refractivity contribution in [2.75, 3.05) is 26.2 Å². The Morgan fingerprint density at radius 3 is 1.71 bits per heavy atom. The average Bonchev–Trinajstić information content (AvgIpc) is 3.12. The maximum atomic E-state index is 14.5. The monoisotopic (exact) mass is 708 g/mol. The number of rotatable bonds is 20. The molecule has 0 spiro atoms. The SMILES string of the molecule is CCN(CC)CCNC(=O)C[C@H](O)[C@H](CC(C)C)NC(=O)[C@H](CC(C)C)NC(=O)C(Cc1cccc2ccccc12)Cc1cccc2ccccc12. The molecule has 0 aliphatic heterocycles. The first-order valence-electron chi connectivity index (χ1n) is 19.2. The molecule has 8 nitrogen and oxygen atoms in total. The number of likely N-dealkylation sites (N-methyl/N-ethyl adjacent to an activating group) is 1. The lowest BCUT2D eigenvalue weighted by molar-refractivity contribution is -0.132. The number of aliphatic hydroxyl groups is 1. The van der Waals surface area contributed by atoms with E-state index < -0.39 is 24.1 Å². The normalized spacial score (nSPS) is 13.5. The number of aliphatic hydroxyl groups excluding tert-OH is 1. The van der Waals surface area contributed by atoms with E-state index >= 15 is 0 Å². The van der Waals surface area contributed by atoms with Crippen molar-refractivity contribution in [2.45, 2.75) is 91.8 Å². The summed E-state index contributed by atoms with van der Waals surface area (Å²) in [7, 11) is 0. The molecule has 4 N–H and O–H groups in total. The molecule has 0 aliphatic carbocycles. The molecule has 4 aromatic rings. The molecule has 8 heteroatoms. The molecule has 0 saturated carbocycles. The van der Waals surface area contributed by atoms with Crippen LogP contribution in [0.2, 0.25) is 0 Å². The average molecular weight is 709 g/mol. The van der Waals surface area contributed by atoms with E-state index in [2.05, 4.69) is 83.2 Å². The molecule has 52 heavy (non-hydrogen) atoms. The third-order valence-electron chi connectivity index (χ3n) is 9.96. The number of amides is 3. The highest BCUT2D eigenvalue weighted by Gasteiger charge is 2.31. The topological polar surface area (TPSA) is 111 Å². The van der Waals surface area contributed by atoms with Crippen LogP contribution in [-0.4, -0.2) is 72.1 Å². The molecule has 0 bridgehead atoms. The Bertz CT molecular complexity index is 1660. The molecule has 0 radical (unpaired) electrons. The summed E-state index contributed by atoms with van der Waals surface area (Å²) in [5.41, 5.74) is 2.16. The van der Waals surface area contributed by atoms with Crippen molar-refractivity contribution in [3.8, 4) is 0 Å². The number of hydrogen-bond acceptors (Lipinski definition) is 5. The van der Waals surface area contributed by atoms with Crippen molar-refractivity contribution < 1.29 is 19.5 Å². The first kappa shape index (κ1) is 40.5. The summed E-state index contributed by atoms with van der Waals surface area (Å²) >= 11 is 0. The van der Waals surface area contributed by atoms with Gasteiger partial charge in [-0.15, -0.1) is 0 Å². The summed E-state index contributed by atoms with van der Waals surface area (Å²) in [6.45, 7) is 15.3. The molecule has 0 aromatic heterocycles. The van der Waals surface area contributed by atoms with E-state index in [0.717, 1.165) is 52.3 Å². The van der Waals surface area contributed by atoms with Gasteiger partial charge in [-0.3, -0.25) is 14.4 Å². The van der Waals surface area contributed by atoms with Crippen LogP contribution in [-0.2, 0) is 27.2 Å². The van der Waals surface area contributed by atoms with Crippen LogP contribution in [0.4, 0.5) is 0 Å². The van der Waals surface area contributed by atoms with Gasteiger partial charge in [0.15, 0.2) is 0 Å². The predicted molar refractivity (Wildman–Crippen MR) is 213 cm³/mol. The Morgan fingerprint density at radius 1 is 0.673 bits per heavy atom. The molecule has 0 saturated heterocycles. The summed E-state index contributed by atoms with van der Waals surface area (Å²) < 4.78 is 0. The second kappa shape index (κ2) is 20.1. The first-order chi connectivity index (χ1) is 25.0. The number of carbonyl (C=O) groups is 3. The van der Waals surface area contributed by atoms with Gasteiger partial charge >= 0.3 is 0 Å². The van der Waals surface area contributed by atoms with Crippen LogP contribution in [0.25, 0.3) is 21.5 Å². The highest BCUT2D eigenvalue weighted by molar-refractivity contribution is 5.91. The second-order valence-corrected chi connectivity index (χ2v) is 15.0. The van der Waals surface area contributed by atoms with Gasteiger partial charge in [-0.05, 0) is 83.3 Å². The molecule has 0 heterocycles.